The Morgan fingerprint density at radius 1 is 1.39 bits per heavy atom. The molecule has 0 unspecified atom stereocenters. The number of thioether (sulfide) groups is 1. The van der Waals surface area contributed by atoms with E-state index in [9.17, 15) is 4.79 Å². The summed E-state index contributed by atoms with van der Waals surface area (Å²) >= 11 is 1.88. The number of amides is 1. The summed E-state index contributed by atoms with van der Waals surface area (Å²) in [4.78, 5) is 12.8. The fourth-order valence-corrected chi connectivity index (χ4v) is 3.44. The van der Waals surface area contributed by atoms with E-state index in [1.807, 2.05) is 30.0 Å². The van der Waals surface area contributed by atoms with Gasteiger partial charge in [-0.3, -0.25) is 4.79 Å². The van der Waals surface area contributed by atoms with Crippen molar-refractivity contribution in [2.24, 2.45) is 5.73 Å². The number of benzene rings is 1. The van der Waals surface area contributed by atoms with Crippen LogP contribution in [0.1, 0.15) is 32.6 Å². The maximum absolute atomic E-state index is 11.7. The van der Waals surface area contributed by atoms with Crippen LogP contribution in [0, 0.1) is 0 Å². The monoisotopic (exact) mass is 264 g/mol. The Hall–Kier alpha value is -1.00. The second-order valence-corrected chi connectivity index (χ2v) is 6.14. The number of nitrogens with two attached hydrogens (primary N) is 1. The summed E-state index contributed by atoms with van der Waals surface area (Å²) in [6, 6.07) is 7.49. The number of hydrogen-bond acceptors (Lipinski definition) is 3. The average molecular weight is 264 g/mol. The summed E-state index contributed by atoms with van der Waals surface area (Å²) in [6.07, 6.45) is 5.21. The smallest absolute Gasteiger partial charge is 0.241 e. The predicted molar refractivity (Wildman–Crippen MR) is 76.8 cm³/mol. The summed E-state index contributed by atoms with van der Waals surface area (Å²) in [5.74, 6) is -0.130. The Bertz CT molecular complexity index is 414. The number of hydrogen-bond donors (Lipinski definition) is 2. The Labute approximate surface area is 113 Å². The molecule has 3 nitrogen and oxygen atoms in total. The summed E-state index contributed by atoms with van der Waals surface area (Å²) < 4.78 is 0. The lowest BCUT2D eigenvalue weighted by Crippen LogP contribution is -2.32. The van der Waals surface area contributed by atoms with Crippen molar-refractivity contribution >= 4 is 23.4 Å². The van der Waals surface area contributed by atoms with Gasteiger partial charge in [0.2, 0.25) is 5.91 Å². The minimum absolute atomic E-state index is 0.130. The van der Waals surface area contributed by atoms with Crippen molar-refractivity contribution in [1.82, 2.24) is 0 Å². The van der Waals surface area contributed by atoms with Crippen LogP contribution in [0.2, 0.25) is 0 Å². The van der Waals surface area contributed by atoms with Gasteiger partial charge in [-0.15, -0.1) is 11.8 Å². The highest BCUT2D eigenvalue weighted by atomic mass is 32.2. The molecule has 0 saturated heterocycles. The van der Waals surface area contributed by atoms with E-state index in [1.165, 1.54) is 25.7 Å². The van der Waals surface area contributed by atoms with E-state index in [-0.39, 0.29) is 5.91 Å². The third-order valence-corrected chi connectivity index (χ3v) is 4.57. The Morgan fingerprint density at radius 3 is 2.72 bits per heavy atom. The van der Waals surface area contributed by atoms with Crippen molar-refractivity contribution in [3.8, 4) is 0 Å². The van der Waals surface area contributed by atoms with Crippen molar-refractivity contribution < 1.29 is 4.79 Å². The molecule has 2 rings (SSSR count). The second-order valence-electron chi connectivity index (χ2n) is 4.80. The zero-order valence-corrected chi connectivity index (χ0v) is 11.5. The molecule has 0 radical (unpaired) electrons. The van der Waals surface area contributed by atoms with Gasteiger partial charge in [-0.1, -0.05) is 25.0 Å². The average Bonchev–Trinajstić information content (AvgIpc) is 2.84. The molecule has 0 heterocycles. The zero-order valence-electron chi connectivity index (χ0n) is 10.7. The molecule has 1 aliphatic carbocycles. The Kier molecular flexibility index (Phi) is 4.66. The quantitative estimate of drug-likeness (QED) is 0.879. The lowest BCUT2D eigenvalue weighted by atomic mass is 10.3. The van der Waals surface area contributed by atoms with E-state index in [2.05, 4.69) is 11.4 Å². The zero-order chi connectivity index (χ0) is 13.0. The molecule has 1 fully saturated rings. The third kappa shape index (κ3) is 3.50. The summed E-state index contributed by atoms with van der Waals surface area (Å²) in [5.41, 5.74) is 6.46. The van der Waals surface area contributed by atoms with Crippen LogP contribution in [-0.4, -0.2) is 17.2 Å². The topological polar surface area (TPSA) is 55.1 Å². The van der Waals surface area contributed by atoms with Crippen molar-refractivity contribution in [3.05, 3.63) is 24.3 Å². The number of para-hydroxylation sites is 1. The Balaban J connectivity index is 2.07. The molecule has 1 atom stereocenters. The molecule has 1 aromatic carbocycles. The highest BCUT2D eigenvalue weighted by Crippen LogP contribution is 2.37. The van der Waals surface area contributed by atoms with E-state index in [0.717, 1.165) is 10.6 Å². The van der Waals surface area contributed by atoms with Gasteiger partial charge in [0.05, 0.1) is 11.7 Å². The van der Waals surface area contributed by atoms with Crippen LogP contribution >= 0.6 is 11.8 Å². The van der Waals surface area contributed by atoms with Gasteiger partial charge >= 0.3 is 0 Å². The van der Waals surface area contributed by atoms with E-state index in [4.69, 9.17) is 5.73 Å². The van der Waals surface area contributed by atoms with Gasteiger partial charge in [-0.05, 0) is 31.9 Å². The van der Waals surface area contributed by atoms with Crippen molar-refractivity contribution in [2.75, 3.05) is 5.32 Å². The largest absolute Gasteiger partial charge is 0.324 e. The van der Waals surface area contributed by atoms with Gasteiger partial charge < -0.3 is 11.1 Å². The lowest BCUT2D eigenvalue weighted by molar-refractivity contribution is -0.117. The number of anilines is 1. The minimum atomic E-state index is -0.477. The fourth-order valence-electron chi connectivity index (χ4n) is 2.11. The number of nitrogens with one attached hydrogen (secondary N) is 1. The Morgan fingerprint density at radius 2 is 2.06 bits per heavy atom. The van der Waals surface area contributed by atoms with Crippen LogP contribution in [0.4, 0.5) is 5.69 Å². The first kappa shape index (κ1) is 13.4. The first-order valence-electron chi connectivity index (χ1n) is 6.49. The molecule has 0 bridgehead atoms. The van der Waals surface area contributed by atoms with Crippen molar-refractivity contribution in [1.29, 1.82) is 0 Å². The summed E-state index contributed by atoms with van der Waals surface area (Å²) in [6.45, 7) is 1.70. The first-order valence-corrected chi connectivity index (χ1v) is 7.37. The molecular formula is C14H20N2OS. The normalized spacial score (nSPS) is 17.7. The second kappa shape index (κ2) is 6.25. The van der Waals surface area contributed by atoms with Gasteiger partial charge in [-0.25, -0.2) is 0 Å². The molecule has 3 N–H and O–H groups in total. The van der Waals surface area contributed by atoms with Crippen molar-refractivity contribution in [2.45, 2.75) is 48.8 Å². The van der Waals surface area contributed by atoms with Crippen molar-refractivity contribution in [3.63, 3.8) is 0 Å². The maximum Gasteiger partial charge on any atom is 0.241 e. The maximum atomic E-state index is 11.7. The SMILES string of the molecule is C[C@H](N)C(=O)Nc1ccccc1SC1CCCC1. The molecule has 0 spiro atoms. The van der Waals surface area contributed by atoms with Crippen LogP contribution in [0.25, 0.3) is 0 Å². The predicted octanol–water partition coefficient (Wildman–Crippen LogP) is 3.01. The minimum Gasteiger partial charge on any atom is -0.324 e. The van der Waals surface area contributed by atoms with Gasteiger partial charge in [0.25, 0.3) is 0 Å². The number of carbonyl (C=O) groups excluding carboxylic acids is 1. The van der Waals surface area contributed by atoms with Crippen LogP contribution in [-0.2, 0) is 4.79 Å². The van der Waals surface area contributed by atoms with Gasteiger partial charge in [0, 0.05) is 10.1 Å². The number of carbonyl (C=O) groups is 1. The standard InChI is InChI=1S/C14H20N2OS/c1-10(15)14(17)16-12-8-4-5-9-13(12)18-11-6-2-3-7-11/h4-5,8-11H,2-3,6-7,15H2,1H3,(H,16,17)/t10-/m0/s1. The molecule has 98 valence electrons. The van der Waals surface area contributed by atoms with Crippen LogP contribution < -0.4 is 11.1 Å². The first-order chi connectivity index (χ1) is 8.66. The molecule has 0 aliphatic heterocycles. The summed E-state index contributed by atoms with van der Waals surface area (Å²) in [7, 11) is 0. The molecule has 1 aromatic rings. The molecule has 4 heteroatoms. The van der Waals surface area contributed by atoms with Crippen LogP contribution in [0.15, 0.2) is 29.2 Å². The van der Waals surface area contributed by atoms with Gasteiger partial charge in [-0.2, -0.15) is 0 Å². The summed E-state index contributed by atoms with van der Waals surface area (Å²) in [5, 5.41) is 3.59. The van der Waals surface area contributed by atoms with E-state index in [1.54, 1.807) is 6.92 Å². The highest BCUT2D eigenvalue weighted by Gasteiger charge is 2.18. The van der Waals surface area contributed by atoms with Crippen LogP contribution in [0.3, 0.4) is 0 Å². The van der Waals surface area contributed by atoms with Gasteiger partial charge in [0.15, 0.2) is 0 Å². The molecule has 18 heavy (non-hydrogen) atoms. The highest BCUT2D eigenvalue weighted by molar-refractivity contribution is 8.00. The van der Waals surface area contributed by atoms with Gasteiger partial charge in [0.1, 0.15) is 0 Å². The molecule has 1 aliphatic rings. The fraction of sp³-hybridized carbons (Fsp3) is 0.500. The van der Waals surface area contributed by atoms with Crippen LogP contribution in [0.5, 0.6) is 0 Å². The molecule has 0 aromatic heterocycles. The molecular weight excluding hydrogens is 244 g/mol. The third-order valence-electron chi connectivity index (χ3n) is 3.15. The van der Waals surface area contributed by atoms with E-state index in [0.29, 0.717) is 5.25 Å². The number of rotatable bonds is 4. The van der Waals surface area contributed by atoms with E-state index < -0.39 is 6.04 Å². The van der Waals surface area contributed by atoms with E-state index >= 15 is 0 Å². The molecule has 1 saturated carbocycles. The molecule has 1 amide bonds. The lowest BCUT2D eigenvalue weighted by Gasteiger charge is -2.14.